The van der Waals surface area contributed by atoms with Gasteiger partial charge in [0, 0.05) is 31.2 Å². The summed E-state index contributed by atoms with van der Waals surface area (Å²) < 4.78 is 32.2. The van der Waals surface area contributed by atoms with Gasteiger partial charge in [0.1, 0.15) is 11.6 Å². The first-order chi connectivity index (χ1) is 14.9. The van der Waals surface area contributed by atoms with Crippen LogP contribution in [-0.4, -0.2) is 57.3 Å². The second-order valence-electron chi connectivity index (χ2n) is 8.14. The predicted molar refractivity (Wildman–Crippen MR) is 105 cm³/mol. The first-order valence-electron chi connectivity index (χ1n) is 10.5. The van der Waals surface area contributed by atoms with Gasteiger partial charge in [0.25, 0.3) is 5.89 Å². The Morgan fingerprint density at radius 1 is 1.13 bits per heavy atom. The van der Waals surface area contributed by atoms with Gasteiger partial charge in [-0.2, -0.15) is 0 Å². The van der Waals surface area contributed by atoms with Crippen molar-refractivity contribution in [3.63, 3.8) is 0 Å². The smallest absolute Gasteiger partial charge is 0.309 e. The number of benzene rings is 1. The van der Waals surface area contributed by atoms with Gasteiger partial charge in [-0.3, -0.25) is 14.5 Å². The number of nitrogens with zero attached hydrogens (tertiary/aromatic N) is 3. The fourth-order valence-corrected chi connectivity index (χ4v) is 4.49. The highest BCUT2D eigenvalue weighted by atomic mass is 19.1. The van der Waals surface area contributed by atoms with Crippen molar-refractivity contribution in [1.29, 1.82) is 0 Å². The Hall–Kier alpha value is -2.88. The second-order valence-corrected chi connectivity index (χ2v) is 8.14. The summed E-state index contributed by atoms with van der Waals surface area (Å²) in [6, 6.07) is 2.68. The van der Waals surface area contributed by atoms with Crippen molar-refractivity contribution in [2.45, 2.75) is 50.6 Å². The van der Waals surface area contributed by atoms with Crippen LogP contribution in [0.5, 0.6) is 0 Å². The third-order valence-electron chi connectivity index (χ3n) is 6.15. The summed E-state index contributed by atoms with van der Waals surface area (Å²) in [6.07, 6.45) is 6.19. The van der Waals surface area contributed by atoms with E-state index in [4.69, 9.17) is 4.42 Å². The molecule has 1 amide bonds. The number of halogens is 2. The molecule has 2 fully saturated rings. The Morgan fingerprint density at radius 2 is 1.90 bits per heavy atom. The van der Waals surface area contributed by atoms with Gasteiger partial charge in [0.15, 0.2) is 0 Å². The van der Waals surface area contributed by atoms with E-state index in [1.807, 2.05) is 0 Å². The molecule has 1 saturated heterocycles. The average molecular weight is 434 g/mol. The lowest BCUT2D eigenvalue weighted by atomic mass is 9.87. The number of carbonyl (C=O) groups is 2. The number of carboxylic acid groups (broad SMARTS) is 1. The Bertz CT molecular complexity index is 961. The molecule has 1 saturated carbocycles. The number of carboxylic acids is 1. The minimum absolute atomic E-state index is 0.128. The Morgan fingerprint density at radius 3 is 2.61 bits per heavy atom. The SMILES string of the molecule is O=C(NC1CCN(C2CCCCC2)CC1C(=O)O)c1nnc(-c2ccc(F)cc2F)o1. The molecule has 0 spiro atoms. The van der Waals surface area contributed by atoms with E-state index < -0.39 is 41.4 Å². The minimum Gasteiger partial charge on any atom is -0.481 e. The average Bonchev–Trinajstić information content (AvgIpc) is 3.24. The van der Waals surface area contributed by atoms with E-state index in [9.17, 15) is 23.5 Å². The molecule has 0 radical (unpaired) electrons. The molecule has 1 aliphatic heterocycles. The molecule has 1 aliphatic carbocycles. The molecular weight excluding hydrogens is 410 g/mol. The van der Waals surface area contributed by atoms with Crippen LogP contribution in [0.4, 0.5) is 8.78 Å². The van der Waals surface area contributed by atoms with Crippen LogP contribution in [0, 0.1) is 17.6 Å². The summed E-state index contributed by atoms with van der Waals surface area (Å²) >= 11 is 0. The van der Waals surface area contributed by atoms with Gasteiger partial charge in [-0.25, -0.2) is 8.78 Å². The topological polar surface area (TPSA) is 109 Å². The molecule has 1 aromatic heterocycles. The number of aliphatic carboxylic acids is 1. The monoisotopic (exact) mass is 434 g/mol. The van der Waals surface area contributed by atoms with Crippen LogP contribution in [-0.2, 0) is 4.79 Å². The molecular formula is C21H24F2N4O4. The van der Waals surface area contributed by atoms with Gasteiger partial charge < -0.3 is 14.8 Å². The molecule has 2 unspecified atom stereocenters. The highest BCUT2D eigenvalue weighted by Gasteiger charge is 2.38. The lowest BCUT2D eigenvalue weighted by Crippen LogP contribution is -2.56. The van der Waals surface area contributed by atoms with Crippen molar-refractivity contribution in [1.82, 2.24) is 20.4 Å². The predicted octanol–water partition coefficient (Wildman–Crippen LogP) is 2.85. The third kappa shape index (κ3) is 4.73. The second kappa shape index (κ2) is 9.09. The molecule has 2 atom stereocenters. The summed E-state index contributed by atoms with van der Waals surface area (Å²) in [5, 5.41) is 19.7. The molecule has 4 rings (SSSR count). The molecule has 2 heterocycles. The van der Waals surface area contributed by atoms with Crippen LogP contribution in [0.1, 0.15) is 49.2 Å². The number of rotatable bonds is 5. The van der Waals surface area contributed by atoms with Gasteiger partial charge >= 0.3 is 17.8 Å². The van der Waals surface area contributed by atoms with Crippen LogP contribution >= 0.6 is 0 Å². The van der Waals surface area contributed by atoms with E-state index in [1.54, 1.807) is 0 Å². The first-order valence-corrected chi connectivity index (χ1v) is 10.5. The molecule has 2 aromatic rings. The zero-order valence-corrected chi connectivity index (χ0v) is 16.9. The van der Waals surface area contributed by atoms with Crippen molar-refractivity contribution in [2.24, 2.45) is 5.92 Å². The maximum absolute atomic E-state index is 13.9. The van der Waals surface area contributed by atoms with E-state index in [-0.39, 0.29) is 11.5 Å². The summed E-state index contributed by atoms with van der Waals surface area (Å²) in [6.45, 7) is 1.08. The molecule has 166 valence electrons. The van der Waals surface area contributed by atoms with Gasteiger partial charge in [-0.1, -0.05) is 19.3 Å². The fourth-order valence-electron chi connectivity index (χ4n) is 4.49. The lowest BCUT2D eigenvalue weighted by molar-refractivity contribution is -0.145. The van der Waals surface area contributed by atoms with E-state index >= 15 is 0 Å². The summed E-state index contributed by atoms with van der Waals surface area (Å²) in [5.41, 5.74) is -0.128. The number of amides is 1. The maximum Gasteiger partial charge on any atom is 0.309 e. The number of piperidine rings is 1. The third-order valence-corrected chi connectivity index (χ3v) is 6.15. The summed E-state index contributed by atoms with van der Waals surface area (Å²) in [7, 11) is 0. The fraction of sp³-hybridized carbons (Fsp3) is 0.524. The van der Waals surface area contributed by atoms with E-state index in [0.29, 0.717) is 31.6 Å². The highest BCUT2D eigenvalue weighted by molar-refractivity contribution is 5.90. The van der Waals surface area contributed by atoms with Crippen LogP contribution in [0.3, 0.4) is 0 Å². The number of hydrogen-bond acceptors (Lipinski definition) is 6. The van der Waals surface area contributed by atoms with Crippen LogP contribution < -0.4 is 5.32 Å². The van der Waals surface area contributed by atoms with Gasteiger partial charge in [-0.05, 0) is 31.4 Å². The number of aromatic nitrogens is 2. The maximum atomic E-state index is 13.9. The molecule has 0 bridgehead atoms. The Balaban J connectivity index is 1.43. The molecule has 2 N–H and O–H groups in total. The van der Waals surface area contributed by atoms with Crippen LogP contribution in [0.15, 0.2) is 22.6 Å². The van der Waals surface area contributed by atoms with Gasteiger partial charge in [0.2, 0.25) is 0 Å². The normalized spacial score (nSPS) is 22.9. The van der Waals surface area contributed by atoms with E-state index in [1.165, 1.54) is 6.42 Å². The van der Waals surface area contributed by atoms with Crippen molar-refractivity contribution in [2.75, 3.05) is 13.1 Å². The molecule has 10 heteroatoms. The summed E-state index contributed by atoms with van der Waals surface area (Å²) in [4.78, 5) is 26.7. The zero-order valence-electron chi connectivity index (χ0n) is 16.9. The molecule has 1 aromatic carbocycles. The number of carbonyl (C=O) groups excluding carboxylic acids is 1. The van der Waals surface area contributed by atoms with E-state index in [2.05, 4.69) is 20.4 Å². The quantitative estimate of drug-likeness (QED) is 0.745. The Labute approximate surface area is 177 Å². The largest absolute Gasteiger partial charge is 0.481 e. The molecule has 31 heavy (non-hydrogen) atoms. The first kappa shape index (κ1) is 21.4. The van der Waals surface area contributed by atoms with Gasteiger partial charge in [-0.15, -0.1) is 10.2 Å². The number of likely N-dealkylation sites (tertiary alicyclic amines) is 1. The number of nitrogens with one attached hydrogen (secondary N) is 1. The zero-order chi connectivity index (χ0) is 22.0. The van der Waals surface area contributed by atoms with Crippen molar-refractivity contribution < 1.29 is 27.9 Å². The summed E-state index contributed by atoms with van der Waals surface area (Å²) in [5.74, 6) is -4.75. The van der Waals surface area contributed by atoms with Crippen molar-refractivity contribution in [3.8, 4) is 11.5 Å². The highest BCUT2D eigenvalue weighted by Crippen LogP contribution is 2.28. The standard InChI is InChI=1S/C21H24F2N4O4/c22-12-6-7-14(16(23)10-12)19-25-26-20(31-19)18(28)24-17-8-9-27(11-15(17)21(29)30)13-4-2-1-3-5-13/h6-7,10,13,15,17H,1-5,8-9,11H2,(H,24,28)(H,29,30). The van der Waals surface area contributed by atoms with E-state index in [0.717, 1.165) is 37.8 Å². The van der Waals surface area contributed by atoms with Gasteiger partial charge in [0.05, 0.1) is 11.5 Å². The molecule has 8 nitrogen and oxygen atoms in total. The molecule has 2 aliphatic rings. The lowest BCUT2D eigenvalue weighted by Gasteiger charge is -2.42. The minimum atomic E-state index is -0.967. The van der Waals surface area contributed by atoms with Crippen molar-refractivity contribution in [3.05, 3.63) is 35.7 Å². The van der Waals surface area contributed by atoms with Crippen LogP contribution in [0.2, 0.25) is 0 Å². The Kier molecular flexibility index (Phi) is 6.26. The van der Waals surface area contributed by atoms with Crippen LogP contribution in [0.25, 0.3) is 11.5 Å². The van der Waals surface area contributed by atoms with Crippen molar-refractivity contribution >= 4 is 11.9 Å². The number of hydrogen-bond donors (Lipinski definition) is 2.